The van der Waals surface area contributed by atoms with Crippen molar-refractivity contribution in [2.24, 2.45) is 0 Å². The summed E-state index contributed by atoms with van der Waals surface area (Å²) in [5.41, 5.74) is 11.9. The Morgan fingerprint density at radius 1 is 0.271 bits per heavy atom. The fourth-order valence-corrected chi connectivity index (χ4v) is 17.5. The van der Waals surface area contributed by atoms with Gasteiger partial charge in [-0.15, -0.1) is 11.3 Å². The lowest BCUT2D eigenvalue weighted by molar-refractivity contribution is 1.17. The molecule has 0 aliphatic rings. The van der Waals surface area contributed by atoms with Crippen molar-refractivity contribution in [1.29, 1.82) is 0 Å². The van der Waals surface area contributed by atoms with Gasteiger partial charge in [0.1, 0.15) is 0 Å². The average Bonchev–Trinajstić information content (AvgIpc) is 4.09. The number of hydrogen-bond acceptors (Lipinski definition) is 1. The standard InChI is InChI=1S/C66H44N2SSi/c1-5-19-45(20-6-1)46-36-39-61-58(41-46)56-38-35-47(54-31-18-34-65-66(54)57-30-14-16-33-64(57)69-65)42-63(56)68(61)49-37-40-62-59(44-49)55-29-13-15-32-60(55)67(62)48-21-17-28-53(43-48)70(50-22-7-2-8-23-50,51-24-9-3-10-25-51)52-26-11-4-12-27-52/h1-44H. The number of para-hydroxylation sites is 1. The maximum absolute atomic E-state index is 2.77. The Bertz CT molecular complexity index is 4190. The molecule has 0 unspecified atom stereocenters. The van der Waals surface area contributed by atoms with Gasteiger partial charge in [-0.1, -0.05) is 200 Å². The van der Waals surface area contributed by atoms with Gasteiger partial charge >= 0.3 is 0 Å². The zero-order chi connectivity index (χ0) is 46.2. The van der Waals surface area contributed by atoms with Crippen molar-refractivity contribution in [3.8, 4) is 33.6 Å². The first-order chi connectivity index (χ1) is 34.7. The van der Waals surface area contributed by atoms with Gasteiger partial charge in [-0.25, -0.2) is 0 Å². The van der Waals surface area contributed by atoms with Gasteiger partial charge in [-0.3, -0.25) is 0 Å². The Morgan fingerprint density at radius 2 is 0.786 bits per heavy atom. The molecule has 14 aromatic rings. The van der Waals surface area contributed by atoms with Gasteiger partial charge in [-0.2, -0.15) is 0 Å². The van der Waals surface area contributed by atoms with E-state index in [1.54, 1.807) is 0 Å². The predicted molar refractivity (Wildman–Crippen MR) is 302 cm³/mol. The molecule has 3 heterocycles. The molecule has 14 rings (SSSR count). The molecule has 3 aromatic heterocycles. The summed E-state index contributed by atoms with van der Waals surface area (Å²) >= 11 is 1.87. The molecule has 0 bridgehead atoms. The third-order valence-electron chi connectivity index (χ3n) is 14.7. The summed E-state index contributed by atoms with van der Waals surface area (Å²) in [6, 6.07) is 99.5. The highest BCUT2D eigenvalue weighted by molar-refractivity contribution is 7.26. The molecule has 70 heavy (non-hydrogen) atoms. The van der Waals surface area contributed by atoms with Crippen LogP contribution in [0.3, 0.4) is 0 Å². The van der Waals surface area contributed by atoms with Gasteiger partial charge in [0, 0.05) is 53.1 Å². The summed E-state index contributed by atoms with van der Waals surface area (Å²) in [5.74, 6) is 0. The quantitative estimate of drug-likeness (QED) is 0.106. The molecular formula is C66H44N2SSi. The second-order valence-electron chi connectivity index (χ2n) is 18.4. The van der Waals surface area contributed by atoms with Gasteiger partial charge < -0.3 is 9.13 Å². The van der Waals surface area contributed by atoms with Crippen molar-refractivity contribution in [3.05, 3.63) is 267 Å². The normalized spacial score (nSPS) is 12.0. The lowest BCUT2D eigenvalue weighted by atomic mass is 9.98. The second-order valence-corrected chi connectivity index (χ2v) is 23.3. The molecule has 0 atom stereocenters. The number of rotatable bonds is 8. The van der Waals surface area contributed by atoms with Crippen LogP contribution in [0.5, 0.6) is 0 Å². The number of fused-ring (bicyclic) bond motifs is 9. The number of aromatic nitrogens is 2. The highest BCUT2D eigenvalue weighted by atomic mass is 32.1. The fraction of sp³-hybridized carbons (Fsp3) is 0. The number of nitrogens with zero attached hydrogens (tertiary/aromatic N) is 2. The Balaban J connectivity index is 0.994. The van der Waals surface area contributed by atoms with Gasteiger partial charge in [0.15, 0.2) is 8.07 Å². The molecule has 4 heteroatoms. The second kappa shape index (κ2) is 16.3. The summed E-state index contributed by atoms with van der Waals surface area (Å²) in [6.45, 7) is 0. The van der Waals surface area contributed by atoms with Gasteiger partial charge in [-0.05, 0) is 110 Å². The molecule has 328 valence electrons. The molecule has 2 nitrogen and oxygen atoms in total. The van der Waals surface area contributed by atoms with E-state index in [9.17, 15) is 0 Å². The third kappa shape index (κ3) is 6.24. The van der Waals surface area contributed by atoms with E-state index in [1.807, 2.05) is 11.3 Å². The summed E-state index contributed by atoms with van der Waals surface area (Å²) in [5, 5.41) is 13.0. The minimum atomic E-state index is -2.77. The van der Waals surface area contributed by atoms with Crippen molar-refractivity contribution in [1.82, 2.24) is 9.13 Å². The molecule has 0 radical (unpaired) electrons. The summed E-state index contributed by atoms with van der Waals surface area (Å²) < 4.78 is 7.62. The summed E-state index contributed by atoms with van der Waals surface area (Å²) in [7, 11) is -2.77. The van der Waals surface area contributed by atoms with E-state index >= 15 is 0 Å². The zero-order valence-electron chi connectivity index (χ0n) is 38.2. The average molecular weight is 925 g/mol. The van der Waals surface area contributed by atoms with Crippen molar-refractivity contribution in [2.45, 2.75) is 0 Å². The smallest absolute Gasteiger partial charge is 0.179 e. The summed E-state index contributed by atoms with van der Waals surface area (Å²) in [4.78, 5) is 0. The Hall–Kier alpha value is -8.54. The monoisotopic (exact) mass is 924 g/mol. The van der Waals surface area contributed by atoms with Crippen molar-refractivity contribution in [3.63, 3.8) is 0 Å². The topological polar surface area (TPSA) is 9.86 Å². The highest BCUT2D eigenvalue weighted by Crippen LogP contribution is 2.43. The first-order valence-electron chi connectivity index (χ1n) is 24.1. The van der Waals surface area contributed by atoms with Crippen LogP contribution < -0.4 is 20.7 Å². The van der Waals surface area contributed by atoms with Gasteiger partial charge in [0.25, 0.3) is 0 Å². The van der Waals surface area contributed by atoms with Crippen LogP contribution in [0.15, 0.2) is 267 Å². The number of benzene rings is 11. The van der Waals surface area contributed by atoms with Crippen molar-refractivity contribution >= 4 is 104 Å². The minimum absolute atomic E-state index is 1.14. The van der Waals surface area contributed by atoms with Crippen molar-refractivity contribution < 1.29 is 0 Å². The van der Waals surface area contributed by atoms with Crippen LogP contribution in [-0.2, 0) is 0 Å². The lowest BCUT2D eigenvalue weighted by Gasteiger charge is -2.34. The first-order valence-corrected chi connectivity index (χ1v) is 26.9. The Labute approximate surface area is 411 Å². The van der Waals surface area contributed by atoms with Crippen LogP contribution in [0.25, 0.3) is 97.4 Å². The third-order valence-corrected chi connectivity index (χ3v) is 20.6. The Kier molecular flexibility index (Phi) is 9.44. The van der Waals surface area contributed by atoms with Crippen LogP contribution >= 0.6 is 11.3 Å². The van der Waals surface area contributed by atoms with E-state index in [4.69, 9.17) is 0 Å². The van der Waals surface area contributed by atoms with Crippen LogP contribution in [0.2, 0.25) is 0 Å². The van der Waals surface area contributed by atoms with E-state index in [-0.39, 0.29) is 0 Å². The number of hydrogen-bond donors (Lipinski definition) is 0. The molecule has 0 N–H and O–H groups in total. The molecule has 0 spiro atoms. The Morgan fingerprint density at radius 3 is 1.51 bits per heavy atom. The fourth-order valence-electron chi connectivity index (χ4n) is 11.6. The van der Waals surface area contributed by atoms with Crippen LogP contribution in [0.1, 0.15) is 0 Å². The molecule has 0 amide bonds. The van der Waals surface area contributed by atoms with Gasteiger partial charge in [0.2, 0.25) is 0 Å². The SMILES string of the molecule is c1ccc(-c2ccc3c(c2)c2ccc(-c4cccc5sc6ccccc6c45)cc2n3-c2ccc3c(c2)c2ccccc2n3-c2cccc([Si](c3ccccc3)(c3ccccc3)c3ccccc3)c2)cc1. The predicted octanol–water partition coefficient (Wildman–Crippen LogP) is 15.0. The largest absolute Gasteiger partial charge is 0.309 e. The van der Waals surface area contributed by atoms with E-state index in [1.165, 1.54) is 107 Å². The molecule has 11 aromatic carbocycles. The van der Waals surface area contributed by atoms with E-state index < -0.39 is 8.07 Å². The molecule has 0 aliphatic carbocycles. The van der Waals surface area contributed by atoms with E-state index in [2.05, 4.69) is 276 Å². The first kappa shape index (κ1) is 40.5. The minimum Gasteiger partial charge on any atom is -0.309 e. The maximum atomic E-state index is 2.50. The van der Waals surface area contributed by atoms with E-state index in [0.717, 1.165) is 11.4 Å². The van der Waals surface area contributed by atoms with Crippen LogP contribution in [-0.4, -0.2) is 17.2 Å². The van der Waals surface area contributed by atoms with E-state index in [0.29, 0.717) is 0 Å². The molecule has 0 saturated carbocycles. The molecule has 0 saturated heterocycles. The summed E-state index contributed by atoms with van der Waals surface area (Å²) in [6.07, 6.45) is 0. The van der Waals surface area contributed by atoms with Crippen molar-refractivity contribution in [2.75, 3.05) is 0 Å². The molecule has 0 fully saturated rings. The molecular weight excluding hydrogens is 881 g/mol. The van der Waals surface area contributed by atoms with Crippen LogP contribution in [0, 0.1) is 0 Å². The lowest BCUT2D eigenvalue weighted by Crippen LogP contribution is -2.74. The van der Waals surface area contributed by atoms with Crippen LogP contribution in [0.4, 0.5) is 0 Å². The maximum Gasteiger partial charge on any atom is 0.179 e. The molecule has 0 aliphatic heterocycles. The number of thiophene rings is 1. The van der Waals surface area contributed by atoms with Gasteiger partial charge in [0.05, 0.1) is 22.1 Å². The zero-order valence-corrected chi connectivity index (χ0v) is 40.0. The highest BCUT2D eigenvalue weighted by Gasteiger charge is 2.41.